The highest BCUT2D eigenvalue weighted by atomic mass is 32.2. The van der Waals surface area contributed by atoms with Crippen LogP contribution < -0.4 is 15.8 Å². The van der Waals surface area contributed by atoms with Gasteiger partial charge in [0.15, 0.2) is 0 Å². The number of thiocarbonyl (C=S) groups is 1. The zero-order chi connectivity index (χ0) is 14.3. The van der Waals surface area contributed by atoms with Gasteiger partial charge < -0.3 is 11.1 Å². The molecule has 1 amide bonds. The summed E-state index contributed by atoms with van der Waals surface area (Å²) >= 11 is 4.62. The summed E-state index contributed by atoms with van der Waals surface area (Å²) in [5, 5.41) is 1.76. The van der Waals surface area contributed by atoms with E-state index in [0.717, 1.165) is 0 Å². The molecule has 8 heteroatoms. The van der Waals surface area contributed by atoms with Crippen molar-refractivity contribution in [1.82, 2.24) is 10.0 Å². The second-order valence-electron chi connectivity index (χ2n) is 4.43. The lowest BCUT2D eigenvalue weighted by Crippen LogP contribution is -2.41. The Balaban J connectivity index is 4.04. The molecule has 0 radical (unpaired) electrons. The normalized spacial score (nSPS) is 13.3. The largest absolute Gasteiger partial charge is 0.392 e. The quantitative estimate of drug-likeness (QED) is 0.536. The van der Waals surface area contributed by atoms with Crippen molar-refractivity contribution in [3.8, 4) is 0 Å². The van der Waals surface area contributed by atoms with E-state index >= 15 is 0 Å². The lowest BCUT2D eigenvalue weighted by molar-refractivity contribution is -0.121. The Morgan fingerprint density at radius 3 is 2.33 bits per heavy atom. The van der Waals surface area contributed by atoms with Gasteiger partial charge in [-0.2, -0.15) is 0 Å². The minimum Gasteiger partial charge on any atom is -0.392 e. The van der Waals surface area contributed by atoms with Crippen LogP contribution in [0.25, 0.3) is 0 Å². The molecule has 0 saturated carbocycles. The number of nitrogens with one attached hydrogen (secondary N) is 2. The van der Waals surface area contributed by atoms with E-state index in [2.05, 4.69) is 22.3 Å². The van der Waals surface area contributed by atoms with Crippen LogP contribution in [0.3, 0.4) is 0 Å². The van der Waals surface area contributed by atoms with Crippen molar-refractivity contribution < 1.29 is 13.2 Å². The fraction of sp³-hybridized carbons (Fsp3) is 0.800. The van der Waals surface area contributed by atoms with Crippen LogP contribution >= 0.6 is 12.2 Å². The molecule has 0 saturated heterocycles. The Bertz CT molecular complexity index is 393. The lowest BCUT2D eigenvalue weighted by Gasteiger charge is -2.12. The standard InChI is InChI=1S/C10H21N3O3S2/c1-7(2)6-12-9(14)4-5-13-18(15,16)8(3)10(11)17/h7-8,13H,4-6H2,1-3H3,(H2,11,17)(H,12,14). The number of hydrogen-bond acceptors (Lipinski definition) is 4. The van der Waals surface area contributed by atoms with Crippen molar-refractivity contribution in [2.45, 2.75) is 32.4 Å². The summed E-state index contributed by atoms with van der Waals surface area (Å²) in [5.74, 6) is 0.176. The lowest BCUT2D eigenvalue weighted by atomic mass is 10.2. The van der Waals surface area contributed by atoms with Crippen molar-refractivity contribution in [3.63, 3.8) is 0 Å². The van der Waals surface area contributed by atoms with Gasteiger partial charge in [0.1, 0.15) is 5.25 Å². The molecule has 6 nitrogen and oxygen atoms in total. The highest BCUT2D eigenvalue weighted by molar-refractivity contribution is 7.93. The van der Waals surface area contributed by atoms with E-state index in [0.29, 0.717) is 12.5 Å². The van der Waals surface area contributed by atoms with Gasteiger partial charge in [-0.05, 0) is 12.8 Å². The maximum absolute atomic E-state index is 11.6. The first-order chi connectivity index (χ1) is 8.16. The van der Waals surface area contributed by atoms with Crippen molar-refractivity contribution >= 4 is 33.1 Å². The SMILES string of the molecule is CC(C)CNC(=O)CCNS(=O)(=O)C(C)C(N)=S. The van der Waals surface area contributed by atoms with Gasteiger partial charge >= 0.3 is 0 Å². The second kappa shape index (κ2) is 7.65. The highest BCUT2D eigenvalue weighted by Crippen LogP contribution is 1.98. The van der Waals surface area contributed by atoms with E-state index in [9.17, 15) is 13.2 Å². The number of carbonyl (C=O) groups excluding carboxylic acids is 1. The van der Waals surface area contributed by atoms with E-state index in [1.807, 2.05) is 13.8 Å². The van der Waals surface area contributed by atoms with Crippen LogP contribution in [0.2, 0.25) is 0 Å². The monoisotopic (exact) mass is 295 g/mol. The molecule has 4 N–H and O–H groups in total. The third-order valence-electron chi connectivity index (χ3n) is 2.23. The number of carbonyl (C=O) groups is 1. The van der Waals surface area contributed by atoms with E-state index in [-0.39, 0.29) is 23.9 Å². The summed E-state index contributed by atoms with van der Waals surface area (Å²) in [6, 6.07) is 0. The van der Waals surface area contributed by atoms with Crippen LogP contribution in [0, 0.1) is 5.92 Å². The molecule has 106 valence electrons. The number of hydrogen-bond donors (Lipinski definition) is 3. The van der Waals surface area contributed by atoms with Crippen LogP contribution in [-0.2, 0) is 14.8 Å². The summed E-state index contributed by atoms with van der Waals surface area (Å²) in [4.78, 5) is 11.2. The van der Waals surface area contributed by atoms with Gasteiger partial charge in [0.05, 0.1) is 4.99 Å². The Hall–Kier alpha value is -0.730. The predicted octanol–water partition coefficient (Wildman–Crippen LogP) is -0.257. The van der Waals surface area contributed by atoms with E-state index in [1.54, 1.807) is 0 Å². The van der Waals surface area contributed by atoms with Crippen LogP contribution in [0.15, 0.2) is 0 Å². The minimum absolute atomic E-state index is 0.0409. The van der Waals surface area contributed by atoms with E-state index in [1.165, 1.54) is 6.92 Å². The number of nitrogens with two attached hydrogens (primary N) is 1. The van der Waals surface area contributed by atoms with Crippen LogP contribution in [-0.4, -0.2) is 37.7 Å². The molecule has 0 fully saturated rings. The molecule has 0 aliphatic heterocycles. The molecule has 0 aromatic carbocycles. The number of rotatable bonds is 8. The summed E-state index contributed by atoms with van der Waals surface area (Å²) in [7, 11) is -3.58. The van der Waals surface area contributed by atoms with Crippen molar-refractivity contribution in [2.24, 2.45) is 11.7 Å². The predicted molar refractivity (Wildman–Crippen MR) is 75.6 cm³/mol. The fourth-order valence-corrected chi connectivity index (χ4v) is 2.31. The molecule has 1 atom stereocenters. The summed E-state index contributed by atoms with van der Waals surface area (Å²) < 4.78 is 25.5. The van der Waals surface area contributed by atoms with Crippen LogP contribution in [0.5, 0.6) is 0 Å². The van der Waals surface area contributed by atoms with Crippen molar-refractivity contribution in [2.75, 3.05) is 13.1 Å². The van der Waals surface area contributed by atoms with Gasteiger partial charge in [0.2, 0.25) is 15.9 Å². The third kappa shape index (κ3) is 6.87. The third-order valence-corrected chi connectivity index (χ3v) is 4.52. The molecule has 0 aromatic heterocycles. The molecular formula is C10H21N3O3S2. The van der Waals surface area contributed by atoms with Crippen molar-refractivity contribution in [1.29, 1.82) is 0 Å². The average Bonchev–Trinajstić information content (AvgIpc) is 2.24. The first-order valence-electron chi connectivity index (χ1n) is 5.71. The molecule has 0 rings (SSSR count). The van der Waals surface area contributed by atoms with Gasteiger partial charge in [-0.3, -0.25) is 4.79 Å². The zero-order valence-corrected chi connectivity index (χ0v) is 12.5. The average molecular weight is 295 g/mol. The zero-order valence-electron chi connectivity index (χ0n) is 10.9. The summed E-state index contributed by atoms with van der Waals surface area (Å²) in [5.41, 5.74) is 5.27. The van der Waals surface area contributed by atoms with Gasteiger partial charge in [0.25, 0.3) is 0 Å². The van der Waals surface area contributed by atoms with Gasteiger partial charge in [-0.1, -0.05) is 26.1 Å². The first kappa shape index (κ1) is 17.3. The Labute approximate surface area is 114 Å². The summed E-state index contributed by atoms with van der Waals surface area (Å²) in [6.07, 6.45) is 0.0933. The topological polar surface area (TPSA) is 101 Å². The van der Waals surface area contributed by atoms with Gasteiger partial charge in [-0.25, -0.2) is 13.1 Å². The molecule has 0 aromatic rings. The number of sulfonamides is 1. The van der Waals surface area contributed by atoms with E-state index in [4.69, 9.17) is 5.73 Å². The molecule has 0 heterocycles. The molecular weight excluding hydrogens is 274 g/mol. The highest BCUT2D eigenvalue weighted by Gasteiger charge is 2.22. The molecule has 0 aliphatic rings. The maximum Gasteiger partial charge on any atom is 0.221 e. The Morgan fingerprint density at radius 2 is 1.89 bits per heavy atom. The second-order valence-corrected chi connectivity index (χ2v) is 6.99. The molecule has 0 bridgehead atoms. The Kier molecular flexibility index (Phi) is 7.34. The minimum atomic E-state index is -3.58. The fourth-order valence-electron chi connectivity index (χ4n) is 0.991. The number of amides is 1. The molecule has 0 spiro atoms. The van der Waals surface area contributed by atoms with Gasteiger partial charge in [-0.15, -0.1) is 0 Å². The van der Waals surface area contributed by atoms with Crippen molar-refractivity contribution in [3.05, 3.63) is 0 Å². The van der Waals surface area contributed by atoms with Crippen LogP contribution in [0.4, 0.5) is 0 Å². The summed E-state index contributed by atoms with van der Waals surface area (Å²) in [6.45, 7) is 5.98. The van der Waals surface area contributed by atoms with Crippen LogP contribution in [0.1, 0.15) is 27.2 Å². The molecule has 18 heavy (non-hydrogen) atoms. The van der Waals surface area contributed by atoms with E-state index < -0.39 is 15.3 Å². The maximum atomic E-state index is 11.6. The molecule has 0 aliphatic carbocycles. The first-order valence-corrected chi connectivity index (χ1v) is 7.66. The molecule has 1 unspecified atom stereocenters. The smallest absolute Gasteiger partial charge is 0.221 e. The van der Waals surface area contributed by atoms with Gasteiger partial charge in [0, 0.05) is 19.5 Å². The Morgan fingerprint density at radius 1 is 1.33 bits per heavy atom.